The second-order valence-electron chi connectivity index (χ2n) is 3.71. The van der Waals surface area contributed by atoms with E-state index >= 15 is 0 Å². The van der Waals surface area contributed by atoms with E-state index in [0.29, 0.717) is 0 Å². The minimum Gasteiger partial charge on any atom is -0.353 e. The number of aromatic nitrogens is 1. The number of piperazine rings is 1. The van der Waals surface area contributed by atoms with Crippen molar-refractivity contribution in [2.24, 2.45) is 0 Å². The molecule has 0 radical (unpaired) electrons. The van der Waals surface area contributed by atoms with E-state index in [1.165, 1.54) is 10.1 Å². The van der Waals surface area contributed by atoms with E-state index in [9.17, 15) is 0 Å². The van der Waals surface area contributed by atoms with Gasteiger partial charge in [0.15, 0.2) is 0 Å². The van der Waals surface area contributed by atoms with Crippen LogP contribution in [0.25, 0.3) is 10.1 Å². The molecule has 0 unspecified atom stereocenters. The lowest BCUT2D eigenvalue weighted by Gasteiger charge is -2.28. The van der Waals surface area contributed by atoms with Gasteiger partial charge < -0.3 is 10.2 Å². The van der Waals surface area contributed by atoms with Crippen molar-refractivity contribution < 1.29 is 0 Å². The average molecular weight is 256 g/mol. The average Bonchev–Trinajstić information content (AvgIpc) is 2.78. The number of anilines is 1. The topological polar surface area (TPSA) is 28.2 Å². The molecule has 2 aromatic rings. The van der Waals surface area contributed by atoms with Crippen molar-refractivity contribution >= 4 is 39.6 Å². The van der Waals surface area contributed by atoms with Gasteiger partial charge in [0.05, 0.1) is 4.70 Å². The summed E-state index contributed by atoms with van der Waals surface area (Å²) in [5, 5.41) is 6.81. The molecule has 0 saturated carbocycles. The van der Waals surface area contributed by atoms with Crippen molar-refractivity contribution in [2.75, 3.05) is 31.1 Å². The molecule has 16 heavy (non-hydrogen) atoms. The van der Waals surface area contributed by atoms with E-state index in [0.717, 1.165) is 32.0 Å². The molecule has 1 N–H and O–H groups in total. The highest BCUT2D eigenvalue weighted by molar-refractivity contribution is 7.17. The Bertz CT molecular complexity index is 465. The second kappa shape index (κ2) is 4.99. The Morgan fingerprint density at radius 3 is 2.88 bits per heavy atom. The number of halogens is 1. The van der Waals surface area contributed by atoms with Gasteiger partial charge in [-0.1, -0.05) is 0 Å². The summed E-state index contributed by atoms with van der Waals surface area (Å²) in [5.41, 5.74) is 0. The largest absolute Gasteiger partial charge is 0.353 e. The van der Waals surface area contributed by atoms with Gasteiger partial charge in [-0.15, -0.1) is 23.7 Å². The predicted molar refractivity (Wildman–Crippen MR) is 72.0 cm³/mol. The molecular formula is C11H14ClN3S. The fraction of sp³-hybridized carbons (Fsp3) is 0.364. The van der Waals surface area contributed by atoms with E-state index in [1.54, 1.807) is 11.3 Å². The van der Waals surface area contributed by atoms with Crippen LogP contribution in [0.1, 0.15) is 0 Å². The fourth-order valence-corrected chi connectivity index (χ4v) is 2.89. The SMILES string of the molecule is Cl.c1cc2ccsc2c(N2CCNCC2)n1. The normalized spacial score (nSPS) is 16.1. The summed E-state index contributed by atoms with van der Waals surface area (Å²) in [4.78, 5) is 6.88. The van der Waals surface area contributed by atoms with Gasteiger partial charge in [0.1, 0.15) is 5.82 Å². The Labute approximate surface area is 105 Å². The van der Waals surface area contributed by atoms with Crippen LogP contribution in [-0.4, -0.2) is 31.2 Å². The highest BCUT2D eigenvalue weighted by Gasteiger charge is 2.14. The van der Waals surface area contributed by atoms with Gasteiger partial charge in [0.2, 0.25) is 0 Å². The van der Waals surface area contributed by atoms with Gasteiger partial charge in [-0.25, -0.2) is 4.98 Å². The number of hydrogen-bond acceptors (Lipinski definition) is 4. The molecule has 1 aliphatic heterocycles. The third kappa shape index (κ3) is 2.00. The molecule has 3 heterocycles. The molecule has 86 valence electrons. The summed E-state index contributed by atoms with van der Waals surface area (Å²) in [6.07, 6.45) is 1.91. The molecular weight excluding hydrogens is 242 g/mol. The molecule has 3 nitrogen and oxygen atoms in total. The lowest BCUT2D eigenvalue weighted by molar-refractivity contribution is 0.586. The molecule has 2 aromatic heterocycles. The molecule has 1 saturated heterocycles. The van der Waals surface area contributed by atoms with Crippen LogP contribution in [0, 0.1) is 0 Å². The summed E-state index contributed by atoms with van der Waals surface area (Å²) in [7, 11) is 0. The highest BCUT2D eigenvalue weighted by atomic mass is 35.5. The van der Waals surface area contributed by atoms with Crippen LogP contribution in [0.3, 0.4) is 0 Å². The molecule has 3 rings (SSSR count). The van der Waals surface area contributed by atoms with Crippen LogP contribution in [0.5, 0.6) is 0 Å². The summed E-state index contributed by atoms with van der Waals surface area (Å²) >= 11 is 1.78. The summed E-state index contributed by atoms with van der Waals surface area (Å²) < 4.78 is 1.32. The number of hydrogen-bond donors (Lipinski definition) is 1. The zero-order valence-corrected chi connectivity index (χ0v) is 10.5. The molecule has 1 aliphatic rings. The summed E-state index contributed by atoms with van der Waals surface area (Å²) in [6.45, 7) is 4.24. The van der Waals surface area contributed by atoms with Crippen molar-refractivity contribution in [3.05, 3.63) is 23.7 Å². The maximum absolute atomic E-state index is 4.51. The minimum absolute atomic E-state index is 0. The first kappa shape index (κ1) is 11.6. The first-order chi connectivity index (χ1) is 7.45. The zero-order chi connectivity index (χ0) is 10.1. The van der Waals surface area contributed by atoms with Crippen LogP contribution >= 0.6 is 23.7 Å². The van der Waals surface area contributed by atoms with E-state index < -0.39 is 0 Å². The minimum atomic E-state index is 0. The predicted octanol–water partition coefficient (Wildman–Crippen LogP) is 2.13. The first-order valence-corrected chi connectivity index (χ1v) is 6.11. The smallest absolute Gasteiger partial charge is 0.146 e. The van der Waals surface area contributed by atoms with Crippen molar-refractivity contribution in [1.82, 2.24) is 10.3 Å². The van der Waals surface area contributed by atoms with Crippen molar-refractivity contribution in [3.8, 4) is 0 Å². The molecule has 0 aromatic carbocycles. The third-order valence-corrected chi connectivity index (χ3v) is 3.69. The molecule has 5 heteroatoms. The molecule has 0 aliphatic carbocycles. The van der Waals surface area contributed by atoms with Crippen molar-refractivity contribution in [1.29, 1.82) is 0 Å². The van der Waals surface area contributed by atoms with Crippen LogP contribution < -0.4 is 10.2 Å². The van der Waals surface area contributed by atoms with Crippen molar-refractivity contribution in [2.45, 2.75) is 0 Å². The second-order valence-corrected chi connectivity index (χ2v) is 4.63. The maximum Gasteiger partial charge on any atom is 0.146 e. The number of fused-ring (bicyclic) bond motifs is 1. The zero-order valence-electron chi connectivity index (χ0n) is 8.85. The standard InChI is InChI=1S/C11H13N3S.ClH/c1-3-13-11(10-9(1)2-8-15-10)14-6-4-12-5-7-14;/h1-3,8,12H,4-7H2;1H. The molecule has 0 bridgehead atoms. The Morgan fingerprint density at radius 2 is 2.06 bits per heavy atom. The van der Waals surface area contributed by atoms with Gasteiger partial charge in [-0.3, -0.25) is 0 Å². The maximum atomic E-state index is 4.51. The van der Waals surface area contributed by atoms with Crippen LogP contribution in [0.2, 0.25) is 0 Å². The van der Waals surface area contributed by atoms with E-state index in [4.69, 9.17) is 0 Å². The van der Waals surface area contributed by atoms with Crippen LogP contribution in [0.15, 0.2) is 23.7 Å². The number of thiophene rings is 1. The third-order valence-electron chi connectivity index (χ3n) is 2.77. The van der Waals surface area contributed by atoms with Crippen molar-refractivity contribution in [3.63, 3.8) is 0 Å². The van der Waals surface area contributed by atoms with Gasteiger partial charge in [-0.05, 0) is 22.9 Å². The Kier molecular flexibility index (Phi) is 3.63. The summed E-state index contributed by atoms with van der Waals surface area (Å²) in [5.74, 6) is 1.16. The lowest BCUT2D eigenvalue weighted by Crippen LogP contribution is -2.43. The number of nitrogens with zero attached hydrogens (tertiary/aromatic N) is 2. The van der Waals surface area contributed by atoms with Gasteiger partial charge in [0.25, 0.3) is 0 Å². The Hall–Kier alpha value is -0.840. The van der Waals surface area contributed by atoms with Gasteiger partial charge >= 0.3 is 0 Å². The van der Waals surface area contributed by atoms with E-state index in [2.05, 4.69) is 32.7 Å². The number of nitrogens with one attached hydrogen (secondary N) is 1. The van der Waals surface area contributed by atoms with E-state index in [-0.39, 0.29) is 12.4 Å². The molecule has 0 amide bonds. The highest BCUT2D eigenvalue weighted by Crippen LogP contribution is 2.29. The number of pyridine rings is 1. The van der Waals surface area contributed by atoms with Crippen LogP contribution in [-0.2, 0) is 0 Å². The monoisotopic (exact) mass is 255 g/mol. The van der Waals surface area contributed by atoms with Crippen LogP contribution in [0.4, 0.5) is 5.82 Å². The lowest BCUT2D eigenvalue weighted by atomic mass is 10.3. The van der Waals surface area contributed by atoms with E-state index in [1.807, 2.05) is 6.20 Å². The molecule has 0 atom stereocenters. The first-order valence-electron chi connectivity index (χ1n) is 5.23. The van der Waals surface area contributed by atoms with Gasteiger partial charge in [0, 0.05) is 32.4 Å². The number of rotatable bonds is 1. The Morgan fingerprint density at radius 1 is 1.25 bits per heavy atom. The molecule has 0 spiro atoms. The summed E-state index contributed by atoms with van der Waals surface area (Å²) in [6, 6.07) is 4.24. The van der Waals surface area contributed by atoms with Gasteiger partial charge in [-0.2, -0.15) is 0 Å². The fourth-order valence-electron chi connectivity index (χ4n) is 1.98. The molecule has 1 fully saturated rings. The quantitative estimate of drug-likeness (QED) is 0.846. The Balaban J connectivity index is 0.000000963.